The van der Waals surface area contributed by atoms with Crippen LogP contribution < -0.4 is 10.6 Å². The number of hydrogen-bond donors (Lipinski definition) is 3. The number of rotatable bonds is 8. The van der Waals surface area contributed by atoms with Gasteiger partial charge in [0.1, 0.15) is 5.70 Å². The highest BCUT2D eigenvalue weighted by Gasteiger charge is 2.22. The van der Waals surface area contributed by atoms with E-state index in [1.165, 1.54) is 0 Å². The highest BCUT2D eigenvalue weighted by atomic mass is 79.9. The number of amides is 2. The second-order valence-corrected chi connectivity index (χ2v) is 8.21. The molecule has 5 nitrogen and oxygen atoms in total. The fraction of sp³-hybridized carbons (Fsp3) is 0.154. The molecule has 32 heavy (non-hydrogen) atoms. The predicted octanol–water partition coefficient (Wildman–Crippen LogP) is 4.21. The number of hydrogen-bond acceptors (Lipinski definition) is 3. The van der Waals surface area contributed by atoms with Crippen molar-refractivity contribution in [1.82, 2.24) is 10.6 Å². The normalized spacial score (nSPS) is 12.5. The molecule has 3 rings (SSSR count). The Bertz CT molecular complexity index is 1100. The minimum atomic E-state index is -0.508. The van der Waals surface area contributed by atoms with Crippen LogP contribution in [0.3, 0.4) is 0 Å². The largest absolute Gasteiger partial charge is 0.394 e. The summed E-state index contributed by atoms with van der Waals surface area (Å²) < 4.78 is 0.452. The maximum absolute atomic E-state index is 13.2. The third-order valence-electron chi connectivity index (χ3n) is 4.87. The zero-order valence-corrected chi connectivity index (χ0v) is 19.3. The van der Waals surface area contributed by atoms with Gasteiger partial charge in [-0.2, -0.15) is 0 Å². The summed E-state index contributed by atoms with van der Waals surface area (Å²) in [5.74, 6) is -0.882. The lowest BCUT2D eigenvalue weighted by Gasteiger charge is -2.19. The first-order valence-electron chi connectivity index (χ1n) is 10.3. The Hall–Kier alpha value is -3.22. The molecule has 3 N–H and O–H groups in total. The molecule has 3 aromatic rings. The van der Waals surface area contributed by atoms with E-state index in [-0.39, 0.29) is 12.3 Å². The molecular formula is C26H25BrN2O3. The van der Waals surface area contributed by atoms with Crippen molar-refractivity contribution in [2.45, 2.75) is 19.4 Å². The van der Waals surface area contributed by atoms with Crippen molar-refractivity contribution in [3.05, 3.63) is 113 Å². The number of aliphatic hydroxyl groups excluding tert-OH is 1. The van der Waals surface area contributed by atoms with Crippen LogP contribution in [0.1, 0.15) is 27.0 Å². The Morgan fingerprint density at radius 2 is 1.53 bits per heavy atom. The lowest BCUT2D eigenvalue weighted by molar-refractivity contribution is -0.118. The van der Waals surface area contributed by atoms with Gasteiger partial charge in [0.05, 0.1) is 17.1 Å². The standard InChI is InChI=1S/C26H25BrN2O3/c1-18-9-8-14-21(15-18)25(31)29-24(23(27)20-12-6-3-7-13-20)26(32)28-22(17-30)16-19-10-4-2-5-11-19/h2-15,22,30H,16-17H2,1H3,(H,28,32)(H,29,31)/b24-23-/t22-/m0/s1. The van der Waals surface area contributed by atoms with Gasteiger partial charge in [0.25, 0.3) is 11.8 Å². The minimum Gasteiger partial charge on any atom is -0.394 e. The topological polar surface area (TPSA) is 78.4 Å². The first kappa shape index (κ1) is 23.4. The fourth-order valence-corrected chi connectivity index (χ4v) is 3.77. The Morgan fingerprint density at radius 1 is 0.906 bits per heavy atom. The van der Waals surface area contributed by atoms with Crippen LogP contribution >= 0.6 is 15.9 Å². The van der Waals surface area contributed by atoms with E-state index in [9.17, 15) is 14.7 Å². The van der Waals surface area contributed by atoms with Gasteiger partial charge in [-0.1, -0.05) is 78.4 Å². The van der Waals surface area contributed by atoms with E-state index in [0.717, 1.165) is 16.7 Å². The smallest absolute Gasteiger partial charge is 0.269 e. The molecule has 0 aliphatic carbocycles. The zero-order valence-electron chi connectivity index (χ0n) is 17.7. The average Bonchev–Trinajstić information content (AvgIpc) is 2.82. The third kappa shape index (κ3) is 6.39. The van der Waals surface area contributed by atoms with Crippen molar-refractivity contribution < 1.29 is 14.7 Å². The molecule has 0 saturated carbocycles. The Balaban J connectivity index is 1.87. The van der Waals surface area contributed by atoms with Gasteiger partial charge in [0, 0.05) is 5.56 Å². The summed E-state index contributed by atoms with van der Waals surface area (Å²) in [6, 6.07) is 25.5. The van der Waals surface area contributed by atoms with E-state index in [0.29, 0.717) is 16.5 Å². The van der Waals surface area contributed by atoms with E-state index in [2.05, 4.69) is 26.6 Å². The van der Waals surface area contributed by atoms with E-state index in [4.69, 9.17) is 0 Å². The number of benzene rings is 3. The van der Waals surface area contributed by atoms with E-state index in [1.54, 1.807) is 18.2 Å². The molecule has 0 saturated heterocycles. The monoisotopic (exact) mass is 492 g/mol. The molecular weight excluding hydrogens is 468 g/mol. The average molecular weight is 493 g/mol. The Labute approximate surface area is 196 Å². The molecule has 0 spiro atoms. The number of aliphatic hydroxyl groups is 1. The molecule has 0 heterocycles. The van der Waals surface area contributed by atoms with E-state index < -0.39 is 17.9 Å². The Morgan fingerprint density at radius 3 is 2.16 bits per heavy atom. The summed E-state index contributed by atoms with van der Waals surface area (Å²) in [5.41, 5.74) is 3.20. The molecule has 0 aromatic heterocycles. The number of halogens is 1. The maximum atomic E-state index is 13.2. The first-order valence-corrected chi connectivity index (χ1v) is 11.1. The first-order chi connectivity index (χ1) is 15.5. The van der Waals surface area contributed by atoms with Gasteiger partial charge in [0.2, 0.25) is 0 Å². The Kier molecular flexibility index (Phi) is 8.36. The van der Waals surface area contributed by atoms with Crippen molar-refractivity contribution in [3.63, 3.8) is 0 Å². The van der Waals surface area contributed by atoms with E-state index >= 15 is 0 Å². The quantitative estimate of drug-likeness (QED) is 0.412. The van der Waals surface area contributed by atoms with Gasteiger partial charge in [0.15, 0.2) is 0 Å². The van der Waals surface area contributed by atoms with Crippen molar-refractivity contribution in [2.75, 3.05) is 6.61 Å². The highest BCUT2D eigenvalue weighted by Crippen LogP contribution is 2.24. The summed E-state index contributed by atoms with van der Waals surface area (Å²) in [6.07, 6.45) is 0.463. The molecule has 3 aromatic carbocycles. The summed E-state index contributed by atoms with van der Waals surface area (Å²) in [6.45, 7) is 1.66. The highest BCUT2D eigenvalue weighted by molar-refractivity contribution is 9.15. The molecule has 164 valence electrons. The summed E-state index contributed by atoms with van der Waals surface area (Å²) in [5, 5.41) is 15.4. The molecule has 0 unspecified atom stereocenters. The fourth-order valence-electron chi connectivity index (χ4n) is 3.23. The number of nitrogens with one attached hydrogen (secondary N) is 2. The van der Waals surface area contributed by atoms with Crippen molar-refractivity contribution in [3.8, 4) is 0 Å². The summed E-state index contributed by atoms with van der Waals surface area (Å²) in [4.78, 5) is 26.1. The van der Waals surface area contributed by atoms with Crippen LogP contribution in [0.25, 0.3) is 4.48 Å². The van der Waals surface area contributed by atoms with Crippen molar-refractivity contribution in [1.29, 1.82) is 0 Å². The predicted molar refractivity (Wildman–Crippen MR) is 130 cm³/mol. The van der Waals surface area contributed by atoms with Gasteiger partial charge < -0.3 is 15.7 Å². The lowest BCUT2D eigenvalue weighted by Crippen LogP contribution is -2.43. The van der Waals surface area contributed by atoms with Crippen LogP contribution in [0, 0.1) is 6.92 Å². The second kappa shape index (κ2) is 11.4. The molecule has 0 aliphatic rings. The van der Waals surface area contributed by atoms with Crippen molar-refractivity contribution >= 4 is 32.2 Å². The number of aryl methyl sites for hydroxylation is 1. The van der Waals surface area contributed by atoms with Crippen LogP contribution in [-0.2, 0) is 11.2 Å². The number of carbonyl (C=O) groups is 2. The van der Waals surface area contributed by atoms with Gasteiger partial charge in [-0.05, 0) is 52.5 Å². The van der Waals surface area contributed by atoms with Crippen LogP contribution in [0.4, 0.5) is 0 Å². The second-order valence-electron chi connectivity index (χ2n) is 7.42. The van der Waals surface area contributed by atoms with Gasteiger partial charge in [-0.25, -0.2) is 0 Å². The van der Waals surface area contributed by atoms with Crippen molar-refractivity contribution in [2.24, 2.45) is 0 Å². The van der Waals surface area contributed by atoms with Crippen LogP contribution in [0.15, 0.2) is 90.6 Å². The van der Waals surface area contributed by atoms with Gasteiger partial charge >= 0.3 is 0 Å². The molecule has 0 bridgehead atoms. The molecule has 0 aliphatic heterocycles. The molecule has 6 heteroatoms. The third-order valence-corrected chi connectivity index (χ3v) is 5.73. The molecule has 0 fully saturated rings. The SMILES string of the molecule is Cc1cccc(C(=O)N/C(C(=O)N[C@H](CO)Cc2ccccc2)=C(\Br)c2ccccc2)c1. The minimum absolute atomic E-state index is 0.0780. The number of carbonyl (C=O) groups excluding carboxylic acids is 2. The van der Waals surface area contributed by atoms with Gasteiger partial charge in [-0.15, -0.1) is 0 Å². The summed E-state index contributed by atoms with van der Waals surface area (Å²) >= 11 is 3.49. The van der Waals surface area contributed by atoms with E-state index in [1.807, 2.05) is 73.7 Å². The van der Waals surface area contributed by atoms with Crippen LogP contribution in [0.2, 0.25) is 0 Å². The zero-order chi connectivity index (χ0) is 22.9. The van der Waals surface area contributed by atoms with Crippen LogP contribution in [-0.4, -0.2) is 29.6 Å². The molecule has 0 radical (unpaired) electrons. The molecule has 2 amide bonds. The lowest BCUT2D eigenvalue weighted by atomic mass is 10.1. The summed E-state index contributed by atoms with van der Waals surface area (Å²) in [7, 11) is 0. The van der Waals surface area contributed by atoms with Gasteiger partial charge in [-0.3, -0.25) is 9.59 Å². The molecule has 1 atom stereocenters. The maximum Gasteiger partial charge on any atom is 0.269 e. The van der Waals surface area contributed by atoms with Crippen LogP contribution in [0.5, 0.6) is 0 Å².